The molecule has 3 heterocycles. The van der Waals surface area contributed by atoms with Gasteiger partial charge in [-0.2, -0.15) is 11.8 Å². The minimum atomic E-state index is -1.32. The highest BCUT2D eigenvalue weighted by molar-refractivity contribution is 7.99. The van der Waals surface area contributed by atoms with Gasteiger partial charge in [-0.25, -0.2) is 0 Å². The first-order chi connectivity index (χ1) is 16.3. The minimum Gasteiger partial charge on any atom is -0.468 e. The number of hydrogen-bond acceptors (Lipinski definition) is 9. The number of aliphatic hydroxyl groups is 3. The van der Waals surface area contributed by atoms with Gasteiger partial charge in [-0.1, -0.05) is 13.8 Å². The lowest BCUT2D eigenvalue weighted by atomic mass is 9.86. The Hall–Kier alpha value is -0.750. The smallest absolute Gasteiger partial charge is 0.237 e. The van der Waals surface area contributed by atoms with Crippen molar-refractivity contribution in [2.24, 2.45) is 11.8 Å². The van der Waals surface area contributed by atoms with Gasteiger partial charge in [0.15, 0.2) is 0 Å². The number of aliphatic hydroxyl groups excluding tert-OH is 3. The number of piperidine rings is 1. The second-order valence-electron chi connectivity index (χ2n) is 9.63. The van der Waals surface area contributed by atoms with Crippen LogP contribution in [0.4, 0.5) is 0 Å². The number of thioether (sulfide) groups is 2. The summed E-state index contributed by atoms with van der Waals surface area (Å²) in [5, 5.41) is 37.5. The highest BCUT2D eigenvalue weighted by atomic mass is 32.2. The number of furan rings is 1. The Morgan fingerprint density at radius 3 is 2.74 bits per heavy atom. The lowest BCUT2D eigenvalue weighted by Gasteiger charge is -2.44. The summed E-state index contributed by atoms with van der Waals surface area (Å²) in [4.78, 5) is 13.2. The van der Waals surface area contributed by atoms with E-state index in [4.69, 9.17) is 9.15 Å². The van der Waals surface area contributed by atoms with Gasteiger partial charge in [-0.3, -0.25) is 4.79 Å². The van der Waals surface area contributed by atoms with E-state index < -0.39 is 35.9 Å². The molecule has 34 heavy (non-hydrogen) atoms. The molecule has 0 spiro atoms. The number of rotatable bonds is 11. The Morgan fingerprint density at radius 2 is 2.06 bits per heavy atom. The summed E-state index contributed by atoms with van der Waals surface area (Å²) in [6, 6.07) is 3.13. The largest absolute Gasteiger partial charge is 0.468 e. The van der Waals surface area contributed by atoms with Gasteiger partial charge in [-0.05, 0) is 68.2 Å². The Balaban J connectivity index is 1.49. The molecular formula is C24H40N2O6S2. The molecule has 8 nitrogen and oxygen atoms in total. The molecule has 1 aromatic rings. The zero-order valence-corrected chi connectivity index (χ0v) is 21.9. The van der Waals surface area contributed by atoms with Gasteiger partial charge in [0, 0.05) is 0 Å². The summed E-state index contributed by atoms with van der Waals surface area (Å²) in [5.74, 6) is 3.32. The van der Waals surface area contributed by atoms with E-state index in [0.717, 1.165) is 49.5 Å². The third-order valence-corrected chi connectivity index (χ3v) is 8.69. The van der Waals surface area contributed by atoms with Crippen molar-refractivity contribution in [3.63, 3.8) is 0 Å². The molecule has 10 heteroatoms. The summed E-state index contributed by atoms with van der Waals surface area (Å²) in [6.07, 6.45) is 2.94. The molecule has 0 saturated carbocycles. The highest BCUT2D eigenvalue weighted by Crippen LogP contribution is 2.31. The van der Waals surface area contributed by atoms with E-state index in [2.05, 4.69) is 10.6 Å². The first-order valence-electron chi connectivity index (χ1n) is 12.2. The topological polar surface area (TPSA) is 124 Å². The van der Waals surface area contributed by atoms with Crippen molar-refractivity contribution in [1.82, 2.24) is 10.6 Å². The van der Waals surface area contributed by atoms with Crippen LogP contribution in [-0.4, -0.2) is 81.7 Å². The van der Waals surface area contributed by atoms with E-state index in [1.807, 2.05) is 37.7 Å². The van der Waals surface area contributed by atoms with Crippen molar-refractivity contribution in [1.29, 1.82) is 0 Å². The summed E-state index contributed by atoms with van der Waals surface area (Å²) < 4.78 is 11.3. The van der Waals surface area contributed by atoms with E-state index in [1.165, 1.54) is 11.8 Å². The molecule has 2 aliphatic rings. The lowest BCUT2D eigenvalue weighted by molar-refractivity contribution is -0.208. The average molecular weight is 517 g/mol. The maximum absolute atomic E-state index is 13.2. The van der Waals surface area contributed by atoms with Crippen LogP contribution in [0.1, 0.15) is 45.3 Å². The minimum absolute atomic E-state index is 0.0286. The van der Waals surface area contributed by atoms with Crippen molar-refractivity contribution >= 4 is 29.4 Å². The van der Waals surface area contributed by atoms with Crippen LogP contribution in [0.25, 0.3) is 0 Å². The molecule has 0 radical (unpaired) electrons. The van der Waals surface area contributed by atoms with E-state index in [9.17, 15) is 20.1 Å². The Labute approximate surface area is 211 Å². The molecule has 0 bridgehead atoms. The van der Waals surface area contributed by atoms with Crippen molar-refractivity contribution in [3.8, 4) is 0 Å². The molecule has 8 unspecified atom stereocenters. The van der Waals surface area contributed by atoms with Gasteiger partial charge >= 0.3 is 0 Å². The van der Waals surface area contributed by atoms with Crippen LogP contribution >= 0.6 is 23.5 Å². The molecule has 3 rings (SSSR count). The normalized spacial score (nSPS) is 33.1. The molecular weight excluding hydrogens is 476 g/mol. The van der Waals surface area contributed by atoms with E-state index in [1.54, 1.807) is 12.5 Å². The highest BCUT2D eigenvalue weighted by Gasteiger charge is 2.47. The van der Waals surface area contributed by atoms with Gasteiger partial charge in [-0.15, -0.1) is 11.8 Å². The van der Waals surface area contributed by atoms with Crippen molar-refractivity contribution in [2.75, 3.05) is 18.6 Å². The quantitative estimate of drug-likeness (QED) is 0.281. The number of nitrogens with one attached hydrogen (secondary N) is 2. The van der Waals surface area contributed by atoms with Gasteiger partial charge in [0.2, 0.25) is 5.91 Å². The average Bonchev–Trinajstić information content (AvgIpc) is 3.35. The number of carbonyl (C=O) groups is 1. The molecule has 2 aliphatic heterocycles. The summed E-state index contributed by atoms with van der Waals surface area (Å²) in [7, 11) is 0. The molecule has 2 fully saturated rings. The van der Waals surface area contributed by atoms with Crippen LogP contribution in [0, 0.1) is 11.8 Å². The Morgan fingerprint density at radius 1 is 1.26 bits per heavy atom. The van der Waals surface area contributed by atoms with E-state index in [0.29, 0.717) is 5.92 Å². The number of hydrogen-bond donors (Lipinski definition) is 5. The van der Waals surface area contributed by atoms with Gasteiger partial charge in [0.05, 0.1) is 24.1 Å². The molecule has 2 saturated heterocycles. The fraction of sp³-hybridized carbons (Fsp3) is 0.792. The zero-order valence-electron chi connectivity index (χ0n) is 20.3. The van der Waals surface area contributed by atoms with Gasteiger partial charge in [0.1, 0.15) is 35.6 Å². The molecule has 194 valence electrons. The predicted octanol–water partition coefficient (Wildman–Crippen LogP) is 1.97. The number of carbonyl (C=O) groups excluding carboxylic acids is 1. The molecule has 0 aromatic carbocycles. The third kappa shape index (κ3) is 7.38. The van der Waals surface area contributed by atoms with Gasteiger partial charge in [0.25, 0.3) is 0 Å². The number of ether oxygens (including phenoxy) is 1. The van der Waals surface area contributed by atoms with Crippen molar-refractivity contribution in [3.05, 3.63) is 24.2 Å². The van der Waals surface area contributed by atoms with Crippen molar-refractivity contribution in [2.45, 2.75) is 87.2 Å². The Bertz CT molecular complexity index is 735. The first-order valence-corrected chi connectivity index (χ1v) is 14.6. The fourth-order valence-corrected chi connectivity index (χ4v) is 6.32. The molecule has 1 aromatic heterocycles. The SMILES string of the molecule is CSC1OC(C(NC(=O)C2CC(CCCSCc3ccco3)CCN2)C(C)C)C(O)C(O)C1O. The lowest BCUT2D eigenvalue weighted by Crippen LogP contribution is -2.65. The summed E-state index contributed by atoms with van der Waals surface area (Å²) in [6.45, 7) is 4.70. The summed E-state index contributed by atoms with van der Waals surface area (Å²) >= 11 is 3.14. The second kappa shape index (κ2) is 13.5. The predicted molar refractivity (Wildman–Crippen MR) is 136 cm³/mol. The molecule has 1 amide bonds. The first kappa shape index (κ1) is 27.8. The Kier molecular flexibility index (Phi) is 11.1. The zero-order chi connectivity index (χ0) is 24.7. The van der Waals surface area contributed by atoms with Crippen LogP contribution in [0.3, 0.4) is 0 Å². The van der Waals surface area contributed by atoms with Crippen LogP contribution in [0.15, 0.2) is 22.8 Å². The maximum atomic E-state index is 13.2. The fourth-order valence-electron chi connectivity index (χ4n) is 4.76. The molecule has 8 atom stereocenters. The maximum Gasteiger partial charge on any atom is 0.237 e. The molecule has 0 aliphatic carbocycles. The van der Waals surface area contributed by atoms with E-state index >= 15 is 0 Å². The van der Waals surface area contributed by atoms with Crippen LogP contribution in [0.5, 0.6) is 0 Å². The standard InChI is InChI=1S/C24H40N2O6S2/c1-14(2)18(22-20(28)19(27)21(29)24(32-22)33-3)26-23(30)17-12-15(8-9-25-17)6-5-11-34-13-16-7-4-10-31-16/h4,7,10,14-15,17-22,24-25,27-29H,5-6,8-9,11-13H2,1-3H3,(H,26,30). The van der Waals surface area contributed by atoms with Crippen LogP contribution in [0.2, 0.25) is 0 Å². The van der Waals surface area contributed by atoms with Gasteiger partial charge < -0.3 is 35.1 Å². The third-order valence-electron chi connectivity index (χ3n) is 6.77. The van der Waals surface area contributed by atoms with E-state index in [-0.39, 0.29) is 17.9 Å². The monoisotopic (exact) mass is 516 g/mol. The summed E-state index contributed by atoms with van der Waals surface area (Å²) in [5.41, 5.74) is -0.663. The van der Waals surface area contributed by atoms with Crippen LogP contribution in [-0.2, 0) is 15.3 Å². The molecule has 5 N–H and O–H groups in total. The van der Waals surface area contributed by atoms with Crippen LogP contribution < -0.4 is 10.6 Å². The second-order valence-corrected chi connectivity index (χ2v) is 11.7. The van der Waals surface area contributed by atoms with Crippen molar-refractivity contribution < 1.29 is 29.3 Å². The number of amides is 1.